The van der Waals surface area contributed by atoms with Gasteiger partial charge in [-0.3, -0.25) is 14.9 Å². The summed E-state index contributed by atoms with van der Waals surface area (Å²) in [5, 5.41) is 24.2. The molecule has 1 heterocycles. The van der Waals surface area contributed by atoms with Crippen molar-refractivity contribution < 1.29 is 28.7 Å². The van der Waals surface area contributed by atoms with Crippen LogP contribution in [0, 0.1) is 10.1 Å². The molecule has 2 rings (SSSR count). The van der Waals surface area contributed by atoms with Crippen LogP contribution in [0.15, 0.2) is 34.9 Å². The van der Waals surface area contributed by atoms with Crippen molar-refractivity contribution in [2.75, 3.05) is 20.8 Å². The van der Waals surface area contributed by atoms with Crippen LogP contribution in [-0.2, 0) is 6.42 Å². The van der Waals surface area contributed by atoms with Gasteiger partial charge in [-0.2, -0.15) is 0 Å². The lowest BCUT2D eigenvalue weighted by molar-refractivity contribution is -0.385. The van der Waals surface area contributed by atoms with Crippen molar-refractivity contribution in [1.82, 2.24) is 5.32 Å². The maximum absolute atomic E-state index is 12.4. The van der Waals surface area contributed by atoms with Crippen LogP contribution in [0.5, 0.6) is 11.5 Å². The second-order valence-corrected chi connectivity index (χ2v) is 5.92. The normalized spacial score (nSPS) is 12.9. The molecular formula is C17H20N2O7. The van der Waals surface area contributed by atoms with Crippen LogP contribution in [0.3, 0.4) is 0 Å². The van der Waals surface area contributed by atoms with Crippen molar-refractivity contribution >= 4 is 11.6 Å². The number of nitrogens with zero attached hydrogens (tertiary/aromatic N) is 1. The van der Waals surface area contributed by atoms with Gasteiger partial charge in [-0.1, -0.05) is 0 Å². The summed E-state index contributed by atoms with van der Waals surface area (Å²) in [5.74, 6) is 0.171. The lowest BCUT2D eigenvalue weighted by Gasteiger charge is -2.22. The van der Waals surface area contributed by atoms with Crippen LogP contribution in [0.25, 0.3) is 0 Å². The number of nitro benzene ring substituents is 1. The van der Waals surface area contributed by atoms with Gasteiger partial charge in [-0.05, 0) is 19.1 Å². The molecule has 9 nitrogen and oxygen atoms in total. The van der Waals surface area contributed by atoms with Crippen molar-refractivity contribution in [3.8, 4) is 11.5 Å². The lowest BCUT2D eigenvalue weighted by Crippen LogP contribution is -2.42. The highest BCUT2D eigenvalue weighted by molar-refractivity contribution is 5.99. The van der Waals surface area contributed by atoms with Crippen molar-refractivity contribution in [2.45, 2.75) is 18.9 Å². The molecule has 1 aromatic heterocycles. The van der Waals surface area contributed by atoms with Crippen LogP contribution in [0.1, 0.15) is 23.0 Å². The Morgan fingerprint density at radius 2 is 2.00 bits per heavy atom. The number of rotatable bonds is 8. The van der Waals surface area contributed by atoms with Gasteiger partial charge in [-0.25, -0.2) is 0 Å². The first-order valence-electron chi connectivity index (χ1n) is 7.71. The Labute approximate surface area is 149 Å². The number of aliphatic hydroxyl groups is 1. The third-order valence-corrected chi connectivity index (χ3v) is 3.71. The molecule has 0 aliphatic heterocycles. The maximum atomic E-state index is 12.4. The molecule has 1 atom stereocenters. The number of carbonyl (C=O) groups excluding carboxylic acids is 1. The van der Waals surface area contributed by atoms with Crippen molar-refractivity contribution in [3.05, 3.63) is 52.0 Å². The summed E-state index contributed by atoms with van der Waals surface area (Å²) in [6.07, 6.45) is 1.66. The molecule has 140 valence electrons. The number of hydrogen-bond donors (Lipinski definition) is 2. The number of ether oxygens (including phenoxy) is 2. The lowest BCUT2D eigenvalue weighted by atomic mass is 10.0. The van der Waals surface area contributed by atoms with Crippen LogP contribution in [-0.4, -0.2) is 42.3 Å². The zero-order chi connectivity index (χ0) is 19.3. The number of amides is 1. The van der Waals surface area contributed by atoms with Gasteiger partial charge in [0.1, 0.15) is 11.3 Å². The molecule has 1 aromatic carbocycles. The summed E-state index contributed by atoms with van der Waals surface area (Å²) >= 11 is 0. The Morgan fingerprint density at radius 3 is 2.54 bits per heavy atom. The van der Waals surface area contributed by atoms with Crippen LogP contribution >= 0.6 is 0 Å². The van der Waals surface area contributed by atoms with Gasteiger partial charge < -0.3 is 24.3 Å². The van der Waals surface area contributed by atoms with Crippen molar-refractivity contribution in [3.63, 3.8) is 0 Å². The number of benzene rings is 1. The van der Waals surface area contributed by atoms with Gasteiger partial charge in [0.2, 0.25) is 0 Å². The number of nitrogens with one attached hydrogen (secondary N) is 1. The summed E-state index contributed by atoms with van der Waals surface area (Å²) in [4.78, 5) is 23.0. The molecule has 0 spiro atoms. The molecule has 0 radical (unpaired) electrons. The fourth-order valence-electron chi connectivity index (χ4n) is 2.42. The van der Waals surface area contributed by atoms with Gasteiger partial charge in [0.25, 0.3) is 11.6 Å². The fraction of sp³-hybridized carbons (Fsp3) is 0.353. The number of methoxy groups -OCH3 is 2. The van der Waals surface area contributed by atoms with E-state index in [9.17, 15) is 20.0 Å². The SMILES string of the molecule is COc1cc(C(=O)NCC(C)(O)Cc2ccco2)c([N+](=O)[O-])cc1OC. The van der Waals surface area contributed by atoms with E-state index in [4.69, 9.17) is 13.9 Å². The average molecular weight is 364 g/mol. The molecule has 0 aliphatic carbocycles. The van der Waals surface area contributed by atoms with E-state index in [1.54, 1.807) is 12.1 Å². The van der Waals surface area contributed by atoms with E-state index in [1.807, 2.05) is 0 Å². The van der Waals surface area contributed by atoms with E-state index >= 15 is 0 Å². The summed E-state index contributed by atoms with van der Waals surface area (Å²) < 4.78 is 15.3. The Hall–Kier alpha value is -3.07. The minimum atomic E-state index is -1.29. The maximum Gasteiger partial charge on any atom is 0.286 e. The van der Waals surface area contributed by atoms with E-state index in [2.05, 4.69) is 5.32 Å². The van der Waals surface area contributed by atoms with Gasteiger partial charge in [-0.15, -0.1) is 0 Å². The Bertz CT molecular complexity index is 785. The minimum absolute atomic E-state index is 0.127. The van der Waals surface area contributed by atoms with E-state index in [-0.39, 0.29) is 30.0 Å². The van der Waals surface area contributed by atoms with Gasteiger partial charge in [0.05, 0.1) is 37.1 Å². The molecule has 1 unspecified atom stereocenters. The standard InChI is InChI=1S/C17H20N2O7/c1-17(21,9-11-5-4-6-26-11)10-18-16(20)12-7-14(24-2)15(25-3)8-13(12)19(22)23/h4-8,21H,9-10H2,1-3H3,(H,18,20). The predicted octanol–water partition coefficient (Wildman–Crippen LogP) is 1.93. The van der Waals surface area contributed by atoms with Gasteiger partial charge >= 0.3 is 0 Å². The molecule has 0 fully saturated rings. The second-order valence-electron chi connectivity index (χ2n) is 5.92. The Morgan fingerprint density at radius 1 is 1.35 bits per heavy atom. The van der Waals surface area contributed by atoms with E-state index in [1.165, 1.54) is 33.5 Å². The smallest absolute Gasteiger partial charge is 0.286 e. The number of nitro groups is 1. The van der Waals surface area contributed by atoms with Crippen LogP contribution < -0.4 is 14.8 Å². The third kappa shape index (κ3) is 4.51. The average Bonchev–Trinajstić information content (AvgIpc) is 3.10. The highest BCUT2D eigenvalue weighted by atomic mass is 16.6. The summed E-state index contributed by atoms with van der Waals surface area (Å²) in [7, 11) is 2.70. The number of furan rings is 1. The zero-order valence-electron chi connectivity index (χ0n) is 14.6. The second kappa shape index (κ2) is 7.87. The number of carbonyl (C=O) groups is 1. The molecule has 26 heavy (non-hydrogen) atoms. The predicted molar refractivity (Wildman–Crippen MR) is 91.6 cm³/mol. The summed E-state index contributed by atoms with van der Waals surface area (Å²) in [6.45, 7) is 1.40. The molecule has 1 amide bonds. The monoisotopic (exact) mass is 364 g/mol. The molecule has 0 aliphatic rings. The largest absolute Gasteiger partial charge is 0.493 e. The molecule has 0 saturated carbocycles. The zero-order valence-corrected chi connectivity index (χ0v) is 14.6. The summed E-state index contributed by atoms with van der Waals surface area (Å²) in [5.41, 5.74) is -1.91. The van der Waals surface area contributed by atoms with Crippen molar-refractivity contribution in [2.24, 2.45) is 0 Å². The molecular weight excluding hydrogens is 344 g/mol. The topological polar surface area (TPSA) is 124 Å². The number of hydrogen-bond acceptors (Lipinski definition) is 7. The first-order valence-corrected chi connectivity index (χ1v) is 7.71. The van der Waals surface area contributed by atoms with Crippen LogP contribution in [0.2, 0.25) is 0 Å². The Kier molecular flexibility index (Phi) is 5.83. The minimum Gasteiger partial charge on any atom is -0.493 e. The Balaban J connectivity index is 2.19. The van der Waals surface area contributed by atoms with Gasteiger partial charge in [0, 0.05) is 19.0 Å². The molecule has 9 heteroatoms. The van der Waals surface area contributed by atoms with Crippen molar-refractivity contribution in [1.29, 1.82) is 0 Å². The van der Waals surface area contributed by atoms with E-state index in [0.29, 0.717) is 5.76 Å². The fourth-order valence-corrected chi connectivity index (χ4v) is 2.42. The first kappa shape index (κ1) is 19.3. The third-order valence-electron chi connectivity index (χ3n) is 3.71. The molecule has 2 aromatic rings. The quantitative estimate of drug-likeness (QED) is 0.542. The highest BCUT2D eigenvalue weighted by Gasteiger charge is 2.28. The van der Waals surface area contributed by atoms with E-state index in [0.717, 1.165) is 6.07 Å². The van der Waals surface area contributed by atoms with E-state index < -0.39 is 22.1 Å². The summed E-state index contributed by atoms with van der Waals surface area (Å²) in [6, 6.07) is 5.74. The van der Waals surface area contributed by atoms with Crippen LogP contribution in [0.4, 0.5) is 5.69 Å². The highest BCUT2D eigenvalue weighted by Crippen LogP contribution is 2.34. The van der Waals surface area contributed by atoms with Gasteiger partial charge in [0.15, 0.2) is 11.5 Å². The first-order chi connectivity index (χ1) is 12.3. The molecule has 0 bridgehead atoms. The molecule has 0 saturated heterocycles. The molecule has 2 N–H and O–H groups in total.